The van der Waals surface area contributed by atoms with Gasteiger partial charge in [0, 0.05) is 12.6 Å². The molecule has 1 aromatic rings. The lowest BCUT2D eigenvalue weighted by Gasteiger charge is -2.38. The van der Waals surface area contributed by atoms with E-state index in [-0.39, 0.29) is 0 Å². The van der Waals surface area contributed by atoms with Gasteiger partial charge in [-0.15, -0.1) is 0 Å². The van der Waals surface area contributed by atoms with Crippen molar-refractivity contribution in [2.24, 2.45) is 5.41 Å². The van der Waals surface area contributed by atoms with Crippen molar-refractivity contribution in [3.8, 4) is 0 Å². The van der Waals surface area contributed by atoms with E-state index in [9.17, 15) is 0 Å². The van der Waals surface area contributed by atoms with E-state index in [0.29, 0.717) is 11.5 Å². The molecule has 21 heavy (non-hydrogen) atoms. The van der Waals surface area contributed by atoms with Crippen LogP contribution in [0.1, 0.15) is 55.8 Å². The molecular formula is C19H30N2. The Morgan fingerprint density at radius 1 is 1.19 bits per heavy atom. The number of likely N-dealkylation sites (tertiary alicyclic amines) is 1. The zero-order valence-corrected chi connectivity index (χ0v) is 13.9. The maximum atomic E-state index is 3.80. The lowest BCUT2D eigenvalue weighted by Crippen LogP contribution is -2.42. The number of fused-ring (bicyclic) bond motifs is 1. The molecule has 1 atom stereocenters. The molecule has 1 heterocycles. The predicted octanol–water partition coefficient (Wildman–Crippen LogP) is 3.56. The van der Waals surface area contributed by atoms with Gasteiger partial charge in [-0.3, -0.25) is 0 Å². The highest BCUT2D eigenvalue weighted by Crippen LogP contribution is 2.31. The standard InChI is InChI=1S/C19H30N2/c1-15(17-8-7-16-5-4-6-18(16)13-17)20-14-19(2)9-11-21(3)12-10-19/h7-8,13,15,20H,4-6,9-12,14H2,1-3H3. The van der Waals surface area contributed by atoms with Gasteiger partial charge in [0.25, 0.3) is 0 Å². The highest BCUT2D eigenvalue weighted by Gasteiger charge is 2.29. The molecule has 116 valence electrons. The van der Waals surface area contributed by atoms with Crippen LogP contribution in [0.15, 0.2) is 18.2 Å². The third-order valence-corrected chi connectivity index (χ3v) is 5.65. The van der Waals surface area contributed by atoms with Gasteiger partial charge >= 0.3 is 0 Å². The number of rotatable bonds is 4. The Bertz CT molecular complexity index is 486. The van der Waals surface area contributed by atoms with Crippen molar-refractivity contribution in [3.05, 3.63) is 34.9 Å². The SMILES string of the molecule is CC(NCC1(C)CCN(C)CC1)c1ccc2c(c1)CCC2. The highest BCUT2D eigenvalue weighted by atomic mass is 15.1. The quantitative estimate of drug-likeness (QED) is 0.910. The van der Waals surface area contributed by atoms with Crippen LogP contribution in [-0.4, -0.2) is 31.6 Å². The lowest BCUT2D eigenvalue weighted by atomic mass is 9.80. The summed E-state index contributed by atoms with van der Waals surface area (Å²) in [7, 11) is 2.24. The molecule has 3 rings (SSSR count). The Morgan fingerprint density at radius 2 is 1.90 bits per heavy atom. The number of aryl methyl sites for hydroxylation is 2. The molecule has 1 N–H and O–H groups in total. The second-order valence-electron chi connectivity index (χ2n) is 7.60. The monoisotopic (exact) mass is 286 g/mol. The van der Waals surface area contributed by atoms with E-state index in [1.165, 1.54) is 50.8 Å². The Balaban J connectivity index is 1.58. The molecular weight excluding hydrogens is 256 g/mol. The first kappa shape index (κ1) is 15.1. The molecule has 0 saturated carbocycles. The maximum absolute atomic E-state index is 3.80. The highest BCUT2D eigenvalue weighted by molar-refractivity contribution is 5.36. The van der Waals surface area contributed by atoms with Gasteiger partial charge < -0.3 is 10.2 Å². The van der Waals surface area contributed by atoms with Crippen LogP contribution in [0, 0.1) is 5.41 Å². The molecule has 0 bridgehead atoms. The summed E-state index contributed by atoms with van der Waals surface area (Å²) in [6.45, 7) is 8.38. The Morgan fingerprint density at radius 3 is 2.67 bits per heavy atom. The van der Waals surface area contributed by atoms with E-state index in [1.54, 1.807) is 11.1 Å². The van der Waals surface area contributed by atoms with Gasteiger partial charge in [-0.1, -0.05) is 25.1 Å². The number of hydrogen-bond acceptors (Lipinski definition) is 2. The molecule has 1 aliphatic heterocycles. The number of benzene rings is 1. The van der Waals surface area contributed by atoms with Gasteiger partial charge in [-0.05, 0) is 81.3 Å². The second-order valence-corrected chi connectivity index (χ2v) is 7.60. The van der Waals surface area contributed by atoms with Gasteiger partial charge in [-0.2, -0.15) is 0 Å². The first-order chi connectivity index (χ1) is 10.1. The topological polar surface area (TPSA) is 15.3 Å². The number of nitrogens with zero attached hydrogens (tertiary/aromatic N) is 1. The zero-order valence-electron chi connectivity index (χ0n) is 13.9. The first-order valence-corrected chi connectivity index (χ1v) is 8.59. The largest absolute Gasteiger partial charge is 0.310 e. The van der Waals surface area contributed by atoms with E-state index in [2.05, 4.69) is 49.3 Å². The van der Waals surface area contributed by atoms with Crippen molar-refractivity contribution >= 4 is 0 Å². The summed E-state index contributed by atoms with van der Waals surface area (Å²) in [6, 6.07) is 7.59. The number of piperidine rings is 1. The van der Waals surface area contributed by atoms with Crippen molar-refractivity contribution < 1.29 is 0 Å². The van der Waals surface area contributed by atoms with Gasteiger partial charge in [0.15, 0.2) is 0 Å². The van der Waals surface area contributed by atoms with E-state index in [1.807, 2.05) is 0 Å². The fourth-order valence-electron chi connectivity index (χ4n) is 3.71. The normalized spacial score (nSPS) is 23.0. The van der Waals surface area contributed by atoms with Gasteiger partial charge in [-0.25, -0.2) is 0 Å². The summed E-state index contributed by atoms with van der Waals surface area (Å²) in [5, 5.41) is 3.80. The van der Waals surface area contributed by atoms with E-state index >= 15 is 0 Å². The van der Waals surface area contributed by atoms with Crippen molar-refractivity contribution in [2.75, 3.05) is 26.7 Å². The first-order valence-electron chi connectivity index (χ1n) is 8.59. The van der Waals surface area contributed by atoms with Crippen molar-refractivity contribution in [1.29, 1.82) is 0 Å². The molecule has 0 radical (unpaired) electrons. The lowest BCUT2D eigenvalue weighted by molar-refractivity contribution is 0.134. The van der Waals surface area contributed by atoms with Crippen LogP contribution in [0.4, 0.5) is 0 Å². The van der Waals surface area contributed by atoms with Crippen molar-refractivity contribution in [2.45, 2.75) is 52.0 Å². The van der Waals surface area contributed by atoms with Crippen LogP contribution in [0.5, 0.6) is 0 Å². The molecule has 1 unspecified atom stereocenters. The third-order valence-electron chi connectivity index (χ3n) is 5.65. The molecule has 0 aromatic heterocycles. The fourth-order valence-corrected chi connectivity index (χ4v) is 3.71. The summed E-state index contributed by atoms with van der Waals surface area (Å²) < 4.78 is 0. The molecule has 1 aromatic carbocycles. The van der Waals surface area contributed by atoms with Gasteiger partial charge in [0.1, 0.15) is 0 Å². The summed E-state index contributed by atoms with van der Waals surface area (Å²) >= 11 is 0. The third kappa shape index (κ3) is 3.49. The van der Waals surface area contributed by atoms with Crippen LogP contribution in [0.3, 0.4) is 0 Å². The molecule has 2 aliphatic rings. The van der Waals surface area contributed by atoms with Crippen molar-refractivity contribution in [1.82, 2.24) is 10.2 Å². The molecule has 1 fully saturated rings. The van der Waals surface area contributed by atoms with Crippen LogP contribution in [0.2, 0.25) is 0 Å². The summed E-state index contributed by atoms with van der Waals surface area (Å²) in [6.07, 6.45) is 6.52. The van der Waals surface area contributed by atoms with Crippen LogP contribution >= 0.6 is 0 Å². The molecule has 1 aliphatic carbocycles. The summed E-state index contributed by atoms with van der Waals surface area (Å²) in [4.78, 5) is 2.45. The molecule has 2 heteroatoms. The second kappa shape index (κ2) is 6.10. The smallest absolute Gasteiger partial charge is 0.0292 e. The summed E-state index contributed by atoms with van der Waals surface area (Å²) in [5.74, 6) is 0. The zero-order chi connectivity index (χ0) is 14.9. The Labute approximate surface area is 129 Å². The fraction of sp³-hybridized carbons (Fsp3) is 0.684. The van der Waals surface area contributed by atoms with E-state index in [4.69, 9.17) is 0 Å². The number of hydrogen-bond donors (Lipinski definition) is 1. The average Bonchev–Trinajstić information content (AvgIpc) is 2.96. The molecule has 0 spiro atoms. The van der Waals surface area contributed by atoms with Crippen LogP contribution < -0.4 is 5.32 Å². The van der Waals surface area contributed by atoms with Crippen LogP contribution in [-0.2, 0) is 12.8 Å². The van der Waals surface area contributed by atoms with E-state index < -0.39 is 0 Å². The maximum Gasteiger partial charge on any atom is 0.0292 e. The van der Waals surface area contributed by atoms with Gasteiger partial charge in [0.2, 0.25) is 0 Å². The molecule has 1 saturated heterocycles. The average molecular weight is 286 g/mol. The number of nitrogens with one attached hydrogen (secondary N) is 1. The van der Waals surface area contributed by atoms with Gasteiger partial charge in [0.05, 0.1) is 0 Å². The Hall–Kier alpha value is -0.860. The minimum absolute atomic E-state index is 0.465. The predicted molar refractivity (Wildman–Crippen MR) is 89.7 cm³/mol. The van der Waals surface area contributed by atoms with E-state index in [0.717, 1.165) is 6.54 Å². The summed E-state index contributed by atoms with van der Waals surface area (Å²) in [5.41, 5.74) is 5.10. The van der Waals surface area contributed by atoms with Crippen LogP contribution in [0.25, 0.3) is 0 Å². The molecule has 2 nitrogen and oxygen atoms in total. The minimum atomic E-state index is 0.465. The van der Waals surface area contributed by atoms with Crippen molar-refractivity contribution in [3.63, 3.8) is 0 Å². The molecule has 0 amide bonds. The minimum Gasteiger partial charge on any atom is -0.310 e. The Kier molecular flexibility index (Phi) is 4.37.